The summed E-state index contributed by atoms with van der Waals surface area (Å²) in [4.78, 5) is 4.28. The average Bonchev–Trinajstić information content (AvgIpc) is 2.79. The van der Waals surface area contributed by atoms with E-state index in [0.29, 0.717) is 12.6 Å². The molecule has 0 spiro atoms. The van der Waals surface area contributed by atoms with E-state index < -0.39 is 0 Å². The van der Waals surface area contributed by atoms with Crippen molar-refractivity contribution in [3.05, 3.63) is 18.3 Å². The molecule has 2 unspecified atom stereocenters. The first kappa shape index (κ1) is 12.2. The summed E-state index contributed by atoms with van der Waals surface area (Å²) in [7, 11) is 0. The van der Waals surface area contributed by atoms with Crippen molar-refractivity contribution in [3.8, 4) is 5.88 Å². The van der Waals surface area contributed by atoms with Crippen molar-refractivity contribution in [2.24, 2.45) is 5.92 Å². The lowest BCUT2D eigenvalue weighted by molar-refractivity contribution is 0.327. The Bertz CT molecular complexity index is 354. The van der Waals surface area contributed by atoms with E-state index in [1.165, 1.54) is 25.7 Å². The molecule has 0 amide bonds. The molecule has 0 aliphatic heterocycles. The minimum atomic E-state index is 0.586. The van der Waals surface area contributed by atoms with Gasteiger partial charge in [-0.3, -0.25) is 0 Å². The van der Waals surface area contributed by atoms with Crippen LogP contribution in [0.3, 0.4) is 0 Å². The predicted molar refractivity (Wildman–Crippen MR) is 70.4 cm³/mol. The molecule has 1 N–H and O–H groups in total. The molecule has 3 heteroatoms. The van der Waals surface area contributed by atoms with Gasteiger partial charge < -0.3 is 10.1 Å². The van der Waals surface area contributed by atoms with Gasteiger partial charge in [0.05, 0.1) is 12.3 Å². The first-order chi connectivity index (χ1) is 8.35. The Labute approximate surface area is 104 Å². The quantitative estimate of drug-likeness (QED) is 0.847. The SMILES string of the molecule is CCOc1ncccc1NC1CCCC1CC. The number of aromatic nitrogens is 1. The number of anilines is 1. The molecule has 3 nitrogen and oxygen atoms in total. The smallest absolute Gasteiger partial charge is 0.237 e. The summed E-state index contributed by atoms with van der Waals surface area (Å²) in [6.07, 6.45) is 6.97. The number of ether oxygens (including phenoxy) is 1. The van der Waals surface area contributed by atoms with Crippen molar-refractivity contribution in [1.82, 2.24) is 4.98 Å². The first-order valence-electron chi connectivity index (χ1n) is 6.69. The summed E-state index contributed by atoms with van der Waals surface area (Å²) in [5.41, 5.74) is 1.04. The molecule has 0 bridgehead atoms. The Balaban J connectivity index is 2.07. The van der Waals surface area contributed by atoms with Gasteiger partial charge in [0.15, 0.2) is 0 Å². The topological polar surface area (TPSA) is 34.1 Å². The van der Waals surface area contributed by atoms with Crippen LogP contribution in [0.4, 0.5) is 5.69 Å². The van der Waals surface area contributed by atoms with E-state index in [4.69, 9.17) is 4.74 Å². The largest absolute Gasteiger partial charge is 0.476 e. The van der Waals surface area contributed by atoms with Crippen LogP contribution in [0.25, 0.3) is 0 Å². The summed E-state index contributed by atoms with van der Waals surface area (Å²) in [6.45, 7) is 4.92. The van der Waals surface area contributed by atoms with Crippen LogP contribution in [-0.4, -0.2) is 17.6 Å². The molecular weight excluding hydrogens is 212 g/mol. The standard InChI is InChI=1S/C14H22N2O/c1-3-11-7-5-8-12(11)16-13-9-6-10-15-14(13)17-4-2/h6,9-12,16H,3-5,7-8H2,1-2H3. The van der Waals surface area contributed by atoms with Crippen LogP contribution < -0.4 is 10.1 Å². The van der Waals surface area contributed by atoms with E-state index in [9.17, 15) is 0 Å². The lowest BCUT2D eigenvalue weighted by Crippen LogP contribution is -2.23. The van der Waals surface area contributed by atoms with E-state index >= 15 is 0 Å². The number of hydrogen-bond acceptors (Lipinski definition) is 3. The average molecular weight is 234 g/mol. The van der Waals surface area contributed by atoms with Gasteiger partial charge in [-0.2, -0.15) is 0 Å². The van der Waals surface area contributed by atoms with E-state index in [2.05, 4.69) is 23.3 Å². The van der Waals surface area contributed by atoms with Gasteiger partial charge in [-0.25, -0.2) is 4.98 Å². The van der Waals surface area contributed by atoms with Crippen molar-refractivity contribution >= 4 is 5.69 Å². The second-order valence-corrected chi connectivity index (χ2v) is 4.64. The molecule has 1 fully saturated rings. The van der Waals surface area contributed by atoms with Crippen LogP contribution in [-0.2, 0) is 0 Å². The molecule has 1 aliphatic rings. The number of pyridine rings is 1. The molecule has 1 aromatic heterocycles. The summed E-state index contributed by atoms with van der Waals surface area (Å²) in [5.74, 6) is 1.53. The van der Waals surface area contributed by atoms with E-state index in [-0.39, 0.29) is 0 Å². The molecule has 0 saturated heterocycles. The molecule has 1 saturated carbocycles. The van der Waals surface area contributed by atoms with Gasteiger partial charge in [-0.15, -0.1) is 0 Å². The van der Waals surface area contributed by atoms with Crippen LogP contribution in [0.2, 0.25) is 0 Å². The van der Waals surface area contributed by atoms with Crippen molar-refractivity contribution < 1.29 is 4.74 Å². The fraction of sp³-hybridized carbons (Fsp3) is 0.643. The Kier molecular flexibility index (Phi) is 4.24. The second kappa shape index (κ2) is 5.89. The van der Waals surface area contributed by atoms with Crippen molar-refractivity contribution in [2.75, 3.05) is 11.9 Å². The predicted octanol–water partition coefficient (Wildman–Crippen LogP) is 3.47. The summed E-state index contributed by atoms with van der Waals surface area (Å²) in [5, 5.41) is 3.61. The van der Waals surface area contributed by atoms with E-state index in [1.807, 2.05) is 13.0 Å². The maximum Gasteiger partial charge on any atom is 0.237 e. The van der Waals surface area contributed by atoms with Crippen LogP contribution in [0.5, 0.6) is 5.88 Å². The number of nitrogens with one attached hydrogen (secondary N) is 1. The summed E-state index contributed by atoms with van der Waals surface area (Å²) in [6, 6.07) is 4.60. The molecule has 1 heterocycles. The number of hydrogen-bond donors (Lipinski definition) is 1. The van der Waals surface area contributed by atoms with E-state index in [0.717, 1.165) is 17.5 Å². The molecule has 94 valence electrons. The van der Waals surface area contributed by atoms with Crippen molar-refractivity contribution in [2.45, 2.75) is 45.6 Å². The van der Waals surface area contributed by atoms with Gasteiger partial charge in [0.25, 0.3) is 0 Å². The van der Waals surface area contributed by atoms with Crippen molar-refractivity contribution in [1.29, 1.82) is 0 Å². The zero-order valence-electron chi connectivity index (χ0n) is 10.8. The Morgan fingerprint density at radius 3 is 3.06 bits per heavy atom. The minimum absolute atomic E-state index is 0.586. The molecule has 0 radical (unpaired) electrons. The highest BCUT2D eigenvalue weighted by atomic mass is 16.5. The third kappa shape index (κ3) is 2.90. The zero-order valence-corrected chi connectivity index (χ0v) is 10.8. The molecule has 17 heavy (non-hydrogen) atoms. The number of rotatable bonds is 5. The molecular formula is C14H22N2O. The third-order valence-corrected chi connectivity index (χ3v) is 3.58. The zero-order chi connectivity index (χ0) is 12.1. The van der Waals surface area contributed by atoms with Gasteiger partial charge in [0.1, 0.15) is 0 Å². The van der Waals surface area contributed by atoms with Crippen LogP contribution in [0, 0.1) is 5.92 Å². The molecule has 2 rings (SSSR count). The van der Waals surface area contributed by atoms with Crippen molar-refractivity contribution in [3.63, 3.8) is 0 Å². The Morgan fingerprint density at radius 2 is 2.29 bits per heavy atom. The van der Waals surface area contributed by atoms with Crippen LogP contribution >= 0.6 is 0 Å². The maximum atomic E-state index is 5.54. The lowest BCUT2D eigenvalue weighted by atomic mass is 10.0. The van der Waals surface area contributed by atoms with Gasteiger partial charge in [-0.1, -0.05) is 19.8 Å². The van der Waals surface area contributed by atoms with Crippen LogP contribution in [0.1, 0.15) is 39.5 Å². The van der Waals surface area contributed by atoms with Gasteiger partial charge >= 0.3 is 0 Å². The number of nitrogens with zero attached hydrogens (tertiary/aromatic N) is 1. The van der Waals surface area contributed by atoms with Gasteiger partial charge in [0.2, 0.25) is 5.88 Å². The molecule has 1 aliphatic carbocycles. The summed E-state index contributed by atoms with van der Waals surface area (Å²) < 4.78 is 5.54. The Morgan fingerprint density at radius 1 is 1.41 bits per heavy atom. The highest BCUT2D eigenvalue weighted by molar-refractivity contribution is 5.52. The minimum Gasteiger partial charge on any atom is -0.476 e. The molecule has 1 aromatic rings. The fourth-order valence-electron chi connectivity index (χ4n) is 2.67. The monoisotopic (exact) mass is 234 g/mol. The lowest BCUT2D eigenvalue weighted by Gasteiger charge is -2.21. The van der Waals surface area contributed by atoms with E-state index in [1.54, 1.807) is 6.20 Å². The van der Waals surface area contributed by atoms with Crippen LogP contribution in [0.15, 0.2) is 18.3 Å². The maximum absolute atomic E-state index is 5.54. The fourth-order valence-corrected chi connectivity index (χ4v) is 2.67. The third-order valence-electron chi connectivity index (χ3n) is 3.58. The highest BCUT2D eigenvalue weighted by Crippen LogP contribution is 2.32. The first-order valence-corrected chi connectivity index (χ1v) is 6.69. The summed E-state index contributed by atoms with van der Waals surface area (Å²) >= 11 is 0. The van der Waals surface area contributed by atoms with Gasteiger partial charge in [0, 0.05) is 12.2 Å². The normalized spacial score (nSPS) is 23.6. The highest BCUT2D eigenvalue weighted by Gasteiger charge is 2.26. The Hall–Kier alpha value is -1.25. The molecule has 0 aromatic carbocycles. The molecule has 2 atom stereocenters. The second-order valence-electron chi connectivity index (χ2n) is 4.64. The van der Waals surface area contributed by atoms with Gasteiger partial charge in [-0.05, 0) is 37.8 Å².